The van der Waals surface area contributed by atoms with Crippen LogP contribution in [0.5, 0.6) is 0 Å². The molecule has 0 bridgehead atoms. The van der Waals surface area contributed by atoms with Crippen LogP contribution in [-0.4, -0.2) is 43.9 Å². The molecule has 0 rings (SSSR count). The van der Waals surface area contributed by atoms with Gasteiger partial charge in [0.2, 0.25) is 0 Å². The molecule has 0 fully saturated rings. The Bertz CT molecular complexity index is 354. The zero-order valence-electron chi connectivity index (χ0n) is 11.5. The second-order valence-electron chi connectivity index (χ2n) is 4.84. The van der Waals surface area contributed by atoms with Gasteiger partial charge in [-0.1, -0.05) is 20.8 Å². The molecule has 0 amide bonds. The molecule has 0 spiro atoms. The van der Waals surface area contributed by atoms with Crippen molar-refractivity contribution in [1.82, 2.24) is 9.03 Å². The largest absolute Gasteiger partial charge is 0.481 e. The lowest BCUT2D eigenvalue weighted by molar-refractivity contribution is -0.142. The number of carboxylic acid groups (broad SMARTS) is 1. The van der Waals surface area contributed by atoms with Crippen LogP contribution in [-0.2, 0) is 15.0 Å². The van der Waals surface area contributed by atoms with Crippen LogP contribution < -0.4 is 4.72 Å². The van der Waals surface area contributed by atoms with E-state index in [0.29, 0.717) is 19.4 Å². The fourth-order valence-corrected chi connectivity index (χ4v) is 2.65. The standard InChI is InChI=1S/C11H24N2O4S/c1-5-6-13(4)18(16,17)12-8-10(11(14)15)7-9(2)3/h9-10,12H,5-8H2,1-4H3,(H,14,15). The van der Waals surface area contributed by atoms with E-state index in [1.54, 1.807) is 0 Å². The lowest BCUT2D eigenvalue weighted by Crippen LogP contribution is -2.42. The number of aliphatic carboxylic acids is 1. The molecule has 0 heterocycles. The van der Waals surface area contributed by atoms with Gasteiger partial charge < -0.3 is 5.11 Å². The van der Waals surface area contributed by atoms with Crippen molar-refractivity contribution < 1.29 is 18.3 Å². The molecule has 0 saturated carbocycles. The molecule has 0 aromatic carbocycles. The van der Waals surface area contributed by atoms with Crippen molar-refractivity contribution >= 4 is 16.2 Å². The van der Waals surface area contributed by atoms with E-state index in [2.05, 4.69) is 4.72 Å². The van der Waals surface area contributed by atoms with Crippen LogP contribution in [0.4, 0.5) is 0 Å². The second-order valence-corrected chi connectivity index (χ2v) is 6.70. The molecule has 2 N–H and O–H groups in total. The van der Waals surface area contributed by atoms with E-state index in [4.69, 9.17) is 5.11 Å². The fraction of sp³-hybridized carbons (Fsp3) is 0.909. The number of carboxylic acids is 1. The number of hydrogen-bond donors (Lipinski definition) is 2. The average molecular weight is 280 g/mol. The first-order valence-electron chi connectivity index (χ1n) is 6.14. The van der Waals surface area contributed by atoms with Crippen LogP contribution in [0.1, 0.15) is 33.6 Å². The maximum atomic E-state index is 11.8. The number of rotatable bonds is 9. The van der Waals surface area contributed by atoms with Gasteiger partial charge >= 0.3 is 5.97 Å². The molecule has 0 radical (unpaired) electrons. The van der Waals surface area contributed by atoms with Crippen molar-refractivity contribution in [2.45, 2.75) is 33.6 Å². The molecular formula is C11H24N2O4S. The normalized spacial score (nSPS) is 14.1. The van der Waals surface area contributed by atoms with E-state index in [1.807, 2.05) is 20.8 Å². The van der Waals surface area contributed by atoms with Gasteiger partial charge in [-0.2, -0.15) is 12.7 Å². The third kappa shape index (κ3) is 6.32. The lowest BCUT2D eigenvalue weighted by atomic mass is 9.98. The SMILES string of the molecule is CCCN(C)S(=O)(=O)NCC(CC(C)C)C(=O)O. The summed E-state index contributed by atoms with van der Waals surface area (Å²) in [5.74, 6) is -1.44. The van der Waals surface area contributed by atoms with Crippen molar-refractivity contribution in [2.24, 2.45) is 11.8 Å². The molecule has 0 saturated heterocycles. The van der Waals surface area contributed by atoms with Gasteiger partial charge in [-0.15, -0.1) is 0 Å². The van der Waals surface area contributed by atoms with Gasteiger partial charge in [0.1, 0.15) is 0 Å². The van der Waals surface area contributed by atoms with Crippen LogP contribution in [0.2, 0.25) is 0 Å². The number of nitrogens with zero attached hydrogens (tertiary/aromatic N) is 1. The highest BCUT2D eigenvalue weighted by Gasteiger charge is 2.23. The summed E-state index contributed by atoms with van der Waals surface area (Å²) in [5, 5.41) is 9.01. The zero-order chi connectivity index (χ0) is 14.3. The Balaban J connectivity index is 4.47. The van der Waals surface area contributed by atoms with Crippen LogP contribution in [0.25, 0.3) is 0 Å². The van der Waals surface area contributed by atoms with Gasteiger partial charge in [-0.3, -0.25) is 4.79 Å². The third-order valence-corrected chi connectivity index (χ3v) is 4.10. The Morgan fingerprint density at radius 1 is 1.39 bits per heavy atom. The summed E-state index contributed by atoms with van der Waals surface area (Å²) in [5.41, 5.74) is 0. The Labute approximate surface area is 110 Å². The quantitative estimate of drug-likeness (QED) is 0.657. The molecule has 0 aliphatic carbocycles. The van der Waals surface area contributed by atoms with Gasteiger partial charge in [-0.25, -0.2) is 4.72 Å². The smallest absolute Gasteiger partial charge is 0.307 e. The topological polar surface area (TPSA) is 86.7 Å². The molecule has 0 aromatic heterocycles. The fourth-order valence-electron chi connectivity index (χ4n) is 1.59. The second kappa shape index (κ2) is 7.70. The van der Waals surface area contributed by atoms with Crippen molar-refractivity contribution in [3.05, 3.63) is 0 Å². The molecular weight excluding hydrogens is 256 g/mol. The van der Waals surface area contributed by atoms with E-state index in [9.17, 15) is 13.2 Å². The summed E-state index contributed by atoms with van der Waals surface area (Å²) in [6.45, 7) is 6.05. The third-order valence-electron chi connectivity index (χ3n) is 2.57. The summed E-state index contributed by atoms with van der Waals surface area (Å²) in [7, 11) is -2.09. The Morgan fingerprint density at radius 2 is 1.94 bits per heavy atom. The Morgan fingerprint density at radius 3 is 2.33 bits per heavy atom. The van der Waals surface area contributed by atoms with Crippen molar-refractivity contribution in [3.63, 3.8) is 0 Å². The highest BCUT2D eigenvalue weighted by molar-refractivity contribution is 7.87. The number of hydrogen-bond acceptors (Lipinski definition) is 3. The summed E-state index contributed by atoms with van der Waals surface area (Å²) < 4.78 is 27.1. The average Bonchev–Trinajstić information content (AvgIpc) is 2.23. The van der Waals surface area contributed by atoms with Gasteiger partial charge in [0.05, 0.1) is 5.92 Å². The van der Waals surface area contributed by atoms with E-state index in [-0.39, 0.29) is 12.5 Å². The maximum Gasteiger partial charge on any atom is 0.307 e. The molecule has 1 atom stereocenters. The predicted octanol–water partition coefficient (Wildman–Crippen LogP) is 0.910. The Kier molecular flexibility index (Phi) is 7.42. The molecule has 1 unspecified atom stereocenters. The predicted molar refractivity (Wildman–Crippen MR) is 70.4 cm³/mol. The molecule has 6 nitrogen and oxygen atoms in total. The lowest BCUT2D eigenvalue weighted by Gasteiger charge is -2.19. The molecule has 18 heavy (non-hydrogen) atoms. The highest BCUT2D eigenvalue weighted by atomic mass is 32.2. The molecule has 0 aliphatic heterocycles. The Hall–Kier alpha value is -0.660. The summed E-state index contributed by atoms with van der Waals surface area (Å²) in [6, 6.07) is 0. The zero-order valence-corrected chi connectivity index (χ0v) is 12.3. The van der Waals surface area contributed by atoms with Gasteiger partial charge in [0.25, 0.3) is 10.2 Å². The number of carbonyl (C=O) groups is 1. The molecule has 7 heteroatoms. The van der Waals surface area contributed by atoms with Gasteiger partial charge in [0.15, 0.2) is 0 Å². The van der Waals surface area contributed by atoms with Crippen LogP contribution in [0.15, 0.2) is 0 Å². The van der Waals surface area contributed by atoms with Crippen LogP contribution in [0, 0.1) is 11.8 Å². The monoisotopic (exact) mass is 280 g/mol. The minimum absolute atomic E-state index is 0.0656. The van der Waals surface area contributed by atoms with Gasteiger partial charge in [0, 0.05) is 20.1 Å². The van der Waals surface area contributed by atoms with Crippen LogP contribution in [0.3, 0.4) is 0 Å². The van der Waals surface area contributed by atoms with Gasteiger partial charge in [-0.05, 0) is 18.8 Å². The first-order valence-corrected chi connectivity index (χ1v) is 7.58. The molecule has 0 aromatic rings. The number of nitrogens with one attached hydrogen (secondary N) is 1. The van der Waals surface area contributed by atoms with Crippen molar-refractivity contribution in [1.29, 1.82) is 0 Å². The molecule has 0 aliphatic rings. The summed E-state index contributed by atoms with van der Waals surface area (Å²) in [4.78, 5) is 11.0. The van der Waals surface area contributed by atoms with Crippen LogP contribution >= 0.6 is 0 Å². The van der Waals surface area contributed by atoms with E-state index < -0.39 is 22.1 Å². The first-order chi connectivity index (χ1) is 8.20. The van der Waals surface area contributed by atoms with E-state index in [1.165, 1.54) is 11.4 Å². The minimum atomic E-state index is -3.57. The van der Waals surface area contributed by atoms with E-state index in [0.717, 1.165) is 0 Å². The minimum Gasteiger partial charge on any atom is -0.481 e. The van der Waals surface area contributed by atoms with Crippen molar-refractivity contribution in [2.75, 3.05) is 20.1 Å². The molecule has 108 valence electrons. The first kappa shape index (κ1) is 17.3. The maximum absolute atomic E-state index is 11.8. The van der Waals surface area contributed by atoms with E-state index >= 15 is 0 Å². The summed E-state index contributed by atoms with van der Waals surface area (Å²) in [6.07, 6.45) is 1.17. The summed E-state index contributed by atoms with van der Waals surface area (Å²) >= 11 is 0. The van der Waals surface area contributed by atoms with Crippen molar-refractivity contribution in [3.8, 4) is 0 Å². The highest BCUT2D eigenvalue weighted by Crippen LogP contribution is 2.11.